The minimum Gasteiger partial charge on any atom is -0.368 e. The molecule has 3 heterocycles. The molecule has 0 radical (unpaired) electrons. The monoisotopic (exact) mass is 414 g/mol. The van der Waals surface area contributed by atoms with Crippen LogP contribution in [-0.4, -0.2) is 46.9 Å². The zero-order chi connectivity index (χ0) is 19.7. The number of hydrogen-bond acceptors (Lipinski definition) is 7. The number of carbonyl (C=O) groups excluding carboxylic acids is 1. The van der Waals surface area contributed by atoms with Gasteiger partial charge in [-0.2, -0.15) is 11.3 Å². The number of benzene rings is 1. The second kappa shape index (κ2) is 7.69. The molecule has 0 saturated carbocycles. The van der Waals surface area contributed by atoms with E-state index in [0.717, 1.165) is 22.0 Å². The Hall–Kier alpha value is -2.78. The largest absolute Gasteiger partial charge is 0.368 e. The van der Waals surface area contributed by atoms with Gasteiger partial charge in [0.05, 0.1) is 10.6 Å². The highest BCUT2D eigenvalue weighted by Crippen LogP contribution is 2.30. The molecule has 0 atom stereocenters. The summed E-state index contributed by atoms with van der Waals surface area (Å²) in [6.07, 6.45) is 0. The van der Waals surface area contributed by atoms with Crippen molar-refractivity contribution in [2.24, 2.45) is 0 Å². The van der Waals surface area contributed by atoms with E-state index in [4.69, 9.17) is 0 Å². The van der Waals surface area contributed by atoms with Crippen LogP contribution >= 0.6 is 22.7 Å². The molecular formula is C19H18N4O3S2. The van der Waals surface area contributed by atoms with Crippen LogP contribution in [0.5, 0.6) is 0 Å². The molecule has 0 spiro atoms. The number of anilines is 1. The number of aryl methyl sites for hydroxylation is 1. The Bertz CT molecular complexity index is 991. The van der Waals surface area contributed by atoms with Gasteiger partial charge in [-0.05, 0) is 30.5 Å². The number of amides is 1. The molecule has 1 saturated heterocycles. The maximum Gasteiger partial charge on any atom is 0.269 e. The first-order valence-electron chi connectivity index (χ1n) is 8.81. The van der Waals surface area contributed by atoms with Crippen molar-refractivity contribution >= 4 is 40.0 Å². The summed E-state index contributed by atoms with van der Waals surface area (Å²) in [4.78, 5) is 32.6. The zero-order valence-corrected chi connectivity index (χ0v) is 16.8. The van der Waals surface area contributed by atoms with E-state index in [2.05, 4.69) is 9.88 Å². The molecule has 3 aromatic rings. The third kappa shape index (κ3) is 3.63. The van der Waals surface area contributed by atoms with E-state index in [1.165, 1.54) is 23.5 Å². The topological polar surface area (TPSA) is 79.6 Å². The van der Waals surface area contributed by atoms with Gasteiger partial charge < -0.3 is 9.80 Å². The van der Waals surface area contributed by atoms with Gasteiger partial charge in [-0.25, -0.2) is 4.98 Å². The van der Waals surface area contributed by atoms with Crippen LogP contribution in [0.15, 0.2) is 41.1 Å². The average Bonchev–Trinajstić information content (AvgIpc) is 3.37. The Balaban J connectivity index is 1.42. The highest BCUT2D eigenvalue weighted by atomic mass is 32.1. The highest BCUT2D eigenvalue weighted by Gasteiger charge is 2.26. The lowest BCUT2D eigenvalue weighted by atomic mass is 10.2. The Labute approximate surface area is 170 Å². The van der Waals surface area contributed by atoms with Crippen molar-refractivity contribution in [3.05, 3.63) is 61.8 Å². The summed E-state index contributed by atoms with van der Waals surface area (Å²) >= 11 is 3.06. The van der Waals surface area contributed by atoms with Gasteiger partial charge >= 0.3 is 0 Å². The zero-order valence-electron chi connectivity index (χ0n) is 15.2. The lowest BCUT2D eigenvalue weighted by molar-refractivity contribution is -0.384. The smallest absolute Gasteiger partial charge is 0.269 e. The first-order valence-corrected chi connectivity index (χ1v) is 10.6. The molecule has 7 nitrogen and oxygen atoms in total. The standard InChI is InChI=1S/C19H18N4O3S2/c1-13-17(28-18(20-13)14-6-11-27-12-14)19(24)22-9-7-21(8-10-22)15-2-4-16(5-3-15)23(25)26/h2-6,11-12H,7-10H2,1H3. The van der Waals surface area contributed by atoms with Gasteiger partial charge in [0.15, 0.2) is 0 Å². The Kier molecular flexibility index (Phi) is 5.10. The molecule has 1 aliphatic rings. The molecule has 4 rings (SSSR count). The maximum absolute atomic E-state index is 13.0. The fourth-order valence-corrected chi connectivity index (χ4v) is 4.95. The summed E-state index contributed by atoms with van der Waals surface area (Å²) in [7, 11) is 0. The van der Waals surface area contributed by atoms with Crippen molar-refractivity contribution in [2.45, 2.75) is 6.92 Å². The summed E-state index contributed by atoms with van der Waals surface area (Å²) in [5, 5.41) is 15.7. The van der Waals surface area contributed by atoms with Crippen LogP contribution in [0.3, 0.4) is 0 Å². The molecule has 144 valence electrons. The summed E-state index contributed by atoms with van der Waals surface area (Å²) in [5.41, 5.74) is 2.85. The second-order valence-electron chi connectivity index (χ2n) is 6.50. The Morgan fingerprint density at radius 3 is 2.46 bits per heavy atom. The fourth-order valence-electron chi connectivity index (χ4n) is 3.20. The van der Waals surface area contributed by atoms with Crippen molar-refractivity contribution in [3.8, 4) is 10.6 Å². The molecule has 0 bridgehead atoms. The summed E-state index contributed by atoms with van der Waals surface area (Å²) in [6, 6.07) is 8.56. The number of rotatable bonds is 4. The van der Waals surface area contributed by atoms with E-state index in [9.17, 15) is 14.9 Å². The lowest BCUT2D eigenvalue weighted by Gasteiger charge is -2.36. The molecule has 1 aliphatic heterocycles. The highest BCUT2D eigenvalue weighted by molar-refractivity contribution is 7.17. The average molecular weight is 415 g/mol. The van der Waals surface area contributed by atoms with Gasteiger partial charge in [-0.3, -0.25) is 14.9 Å². The van der Waals surface area contributed by atoms with E-state index in [1.54, 1.807) is 23.5 Å². The first-order chi connectivity index (χ1) is 13.5. The van der Waals surface area contributed by atoms with Crippen molar-refractivity contribution in [2.75, 3.05) is 31.1 Å². The number of carbonyl (C=O) groups is 1. The van der Waals surface area contributed by atoms with Crippen LogP contribution in [0, 0.1) is 17.0 Å². The molecule has 28 heavy (non-hydrogen) atoms. The number of thiazole rings is 1. The predicted molar refractivity (Wildman–Crippen MR) is 111 cm³/mol. The minimum atomic E-state index is -0.401. The lowest BCUT2D eigenvalue weighted by Crippen LogP contribution is -2.48. The normalized spacial score (nSPS) is 14.3. The van der Waals surface area contributed by atoms with Gasteiger partial charge in [0.25, 0.3) is 11.6 Å². The van der Waals surface area contributed by atoms with E-state index < -0.39 is 4.92 Å². The number of thiophene rings is 1. The van der Waals surface area contributed by atoms with E-state index in [0.29, 0.717) is 31.1 Å². The van der Waals surface area contributed by atoms with Gasteiger partial charge in [-0.15, -0.1) is 11.3 Å². The number of hydrogen-bond donors (Lipinski definition) is 0. The van der Waals surface area contributed by atoms with Crippen LogP contribution in [0.4, 0.5) is 11.4 Å². The van der Waals surface area contributed by atoms with Gasteiger partial charge in [0.1, 0.15) is 9.88 Å². The second-order valence-corrected chi connectivity index (χ2v) is 8.28. The van der Waals surface area contributed by atoms with Crippen LogP contribution in [0.25, 0.3) is 10.6 Å². The minimum absolute atomic E-state index is 0.0276. The van der Waals surface area contributed by atoms with Gasteiger partial charge in [0.2, 0.25) is 0 Å². The summed E-state index contributed by atoms with van der Waals surface area (Å²) in [6.45, 7) is 4.49. The van der Waals surface area contributed by atoms with Crippen LogP contribution in [0.1, 0.15) is 15.4 Å². The molecule has 0 unspecified atom stereocenters. The third-order valence-electron chi connectivity index (χ3n) is 4.75. The Morgan fingerprint density at radius 2 is 1.86 bits per heavy atom. The number of piperazine rings is 1. The SMILES string of the molecule is Cc1nc(-c2ccsc2)sc1C(=O)N1CCN(c2ccc([N+](=O)[O-])cc2)CC1. The quantitative estimate of drug-likeness (QED) is 0.475. The van der Waals surface area contributed by atoms with E-state index in [1.807, 2.05) is 28.7 Å². The van der Waals surface area contributed by atoms with Crippen LogP contribution < -0.4 is 4.90 Å². The number of nitro groups is 1. The van der Waals surface area contributed by atoms with Crippen molar-refractivity contribution in [1.29, 1.82) is 0 Å². The van der Waals surface area contributed by atoms with Gasteiger partial charge in [-0.1, -0.05) is 0 Å². The number of non-ortho nitro benzene ring substituents is 1. The Morgan fingerprint density at radius 1 is 1.14 bits per heavy atom. The molecule has 2 aromatic heterocycles. The molecule has 1 fully saturated rings. The summed E-state index contributed by atoms with van der Waals surface area (Å²) < 4.78 is 0. The van der Waals surface area contributed by atoms with Crippen molar-refractivity contribution < 1.29 is 9.72 Å². The molecule has 1 aromatic carbocycles. The van der Waals surface area contributed by atoms with Gasteiger partial charge in [0, 0.05) is 54.9 Å². The van der Waals surface area contributed by atoms with E-state index >= 15 is 0 Å². The molecular weight excluding hydrogens is 396 g/mol. The van der Waals surface area contributed by atoms with Crippen LogP contribution in [0.2, 0.25) is 0 Å². The van der Waals surface area contributed by atoms with Crippen LogP contribution in [-0.2, 0) is 0 Å². The number of nitrogens with zero attached hydrogens (tertiary/aromatic N) is 4. The molecule has 9 heteroatoms. The third-order valence-corrected chi connectivity index (χ3v) is 6.63. The fraction of sp³-hybridized carbons (Fsp3) is 0.263. The molecule has 1 amide bonds. The molecule has 0 N–H and O–H groups in total. The van der Waals surface area contributed by atoms with Crippen molar-refractivity contribution in [1.82, 2.24) is 9.88 Å². The first kappa shape index (κ1) is 18.6. The predicted octanol–water partition coefficient (Wildman–Crippen LogP) is 4.05. The van der Waals surface area contributed by atoms with E-state index in [-0.39, 0.29) is 11.6 Å². The number of nitro benzene ring substituents is 1. The molecule has 0 aliphatic carbocycles. The van der Waals surface area contributed by atoms with Crippen molar-refractivity contribution in [3.63, 3.8) is 0 Å². The number of aromatic nitrogens is 1. The maximum atomic E-state index is 13.0. The summed E-state index contributed by atoms with van der Waals surface area (Å²) in [5.74, 6) is 0.0276.